The second-order valence-electron chi connectivity index (χ2n) is 4.24. The van der Waals surface area contributed by atoms with E-state index in [0.717, 1.165) is 25.1 Å². The summed E-state index contributed by atoms with van der Waals surface area (Å²) in [7, 11) is 1.58. The highest BCUT2D eigenvalue weighted by Crippen LogP contribution is 2.23. The molecule has 3 rings (SSSR count). The van der Waals surface area contributed by atoms with E-state index in [2.05, 4.69) is 20.4 Å². The van der Waals surface area contributed by atoms with Crippen LogP contribution >= 0.6 is 0 Å². The summed E-state index contributed by atoms with van der Waals surface area (Å²) in [5.74, 6) is 2.18. The van der Waals surface area contributed by atoms with Crippen LogP contribution in [0.4, 0.5) is 0 Å². The average molecular weight is 246 g/mol. The van der Waals surface area contributed by atoms with E-state index in [-0.39, 0.29) is 0 Å². The van der Waals surface area contributed by atoms with Gasteiger partial charge >= 0.3 is 0 Å². The molecular weight excluding hydrogens is 232 g/mol. The van der Waals surface area contributed by atoms with Crippen LogP contribution in [0.15, 0.2) is 22.9 Å². The number of nitrogens with zero attached hydrogens (tertiary/aromatic N) is 3. The molecular formula is C12H14N4O2. The molecule has 94 valence electrons. The Morgan fingerprint density at radius 3 is 3.06 bits per heavy atom. The molecule has 0 aliphatic carbocycles. The largest absolute Gasteiger partial charge is 0.481 e. The van der Waals surface area contributed by atoms with Gasteiger partial charge in [-0.1, -0.05) is 5.16 Å². The van der Waals surface area contributed by atoms with Crippen molar-refractivity contribution >= 4 is 0 Å². The maximum absolute atomic E-state index is 5.30. The van der Waals surface area contributed by atoms with Gasteiger partial charge in [-0.15, -0.1) is 0 Å². The lowest BCUT2D eigenvalue weighted by Crippen LogP contribution is -2.08. The van der Waals surface area contributed by atoms with E-state index in [1.165, 1.54) is 0 Å². The number of rotatable bonds is 3. The first-order valence-corrected chi connectivity index (χ1v) is 5.91. The van der Waals surface area contributed by atoms with E-state index in [4.69, 9.17) is 9.26 Å². The zero-order valence-corrected chi connectivity index (χ0v) is 10.1. The fourth-order valence-corrected chi connectivity index (χ4v) is 2.02. The van der Waals surface area contributed by atoms with Crippen molar-refractivity contribution in [3.63, 3.8) is 0 Å². The van der Waals surface area contributed by atoms with Crippen molar-refractivity contribution in [2.75, 3.05) is 20.2 Å². The first kappa shape index (κ1) is 11.2. The molecule has 2 aromatic rings. The standard InChI is InChI=1S/C12H14N4O2/c1-17-10-3-2-8(7-14-10)11-15-12(18-16-11)9-4-5-13-6-9/h2-3,7,9,13H,4-6H2,1H3/t9-/m1/s1. The predicted molar refractivity (Wildman–Crippen MR) is 64.3 cm³/mol. The van der Waals surface area contributed by atoms with Gasteiger partial charge in [-0.2, -0.15) is 4.98 Å². The van der Waals surface area contributed by atoms with Gasteiger partial charge < -0.3 is 14.6 Å². The first-order chi connectivity index (χ1) is 8.86. The Morgan fingerprint density at radius 1 is 1.44 bits per heavy atom. The smallest absolute Gasteiger partial charge is 0.231 e. The predicted octanol–water partition coefficient (Wildman–Crippen LogP) is 1.22. The van der Waals surface area contributed by atoms with Gasteiger partial charge in [-0.05, 0) is 19.0 Å². The lowest BCUT2D eigenvalue weighted by atomic mass is 10.1. The van der Waals surface area contributed by atoms with Crippen LogP contribution in [-0.4, -0.2) is 35.3 Å². The Labute approximate surface area is 104 Å². The fourth-order valence-electron chi connectivity index (χ4n) is 2.02. The molecule has 18 heavy (non-hydrogen) atoms. The summed E-state index contributed by atoms with van der Waals surface area (Å²) < 4.78 is 10.3. The summed E-state index contributed by atoms with van der Waals surface area (Å²) in [6, 6.07) is 3.65. The Morgan fingerprint density at radius 2 is 2.39 bits per heavy atom. The van der Waals surface area contributed by atoms with E-state index in [9.17, 15) is 0 Å². The summed E-state index contributed by atoms with van der Waals surface area (Å²) in [6.07, 6.45) is 2.73. The minimum Gasteiger partial charge on any atom is -0.481 e. The van der Waals surface area contributed by atoms with Crippen molar-refractivity contribution in [1.82, 2.24) is 20.4 Å². The molecule has 2 aromatic heterocycles. The zero-order chi connectivity index (χ0) is 12.4. The molecule has 0 unspecified atom stereocenters. The topological polar surface area (TPSA) is 73.1 Å². The first-order valence-electron chi connectivity index (χ1n) is 5.91. The highest BCUT2D eigenvalue weighted by Gasteiger charge is 2.23. The molecule has 6 nitrogen and oxygen atoms in total. The highest BCUT2D eigenvalue weighted by molar-refractivity contribution is 5.53. The number of hydrogen-bond acceptors (Lipinski definition) is 6. The molecule has 1 aliphatic heterocycles. The van der Waals surface area contributed by atoms with Crippen molar-refractivity contribution in [3.8, 4) is 17.3 Å². The summed E-state index contributed by atoms with van der Waals surface area (Å²) in [6.45, 7) is 1.91. The molecule has 1 fully saturated rings. The van der Waals surface area contributed by atoms with Crippen LogP contribution in [0, 0.1) is 0 Å². The number of pyridine rings is 1. The van der Waals surface area contributed by atoms with E-state index in [0.29, 0.717) is 23.5 Å². The molecule has 0 amide bonds. The molecule has 1 aliphatic rings. The number of hydrogen-bond donors (Lipinski definition) is 1. The second kappa shape index (κ2) is 4.73. The quantitative estimate of drug-likeness (QED) is 0.877. The van der Waals surface area contributed by atoms with Crippen LogP contribution in [-0.2, 0) is 0 Å². The highest BCUT2D eigenvalue weighted by atomic mass is 16.5. The molecule has 1 saturated heterocycles. The normalized spacial score (nSPS) is 19.1. The van der Waals surface area contributed by atoms with Gasteiger partial charge in [0.05, 0.1) is 13.0 Å². The Kier molecular flexibility index (Phi) is 2.93. The van der Waals surface area contributed by atoms with E-state index >= 15 is 0 Å². The van der Waals surface area contributed by atoms with Gasteiger partial charge in [0.1, 0.15) is 0 Å². The van der Waals surface area contributed by atoms with E-state index in [1.807, 2.05) is 6.07 Å². The van der Waals surface area contributed by atoms with Crippen LogP contribution in [0.1, 0.15) is 18.2 Å². The molecule has 1 N–H and O–H groups in total. The number of ether oxygens (including phenoxy) is 1. The summed E-state index contributed by atoms with van der Waals surface area (Å²) in [5, 5.41) is 7.27. The van der Waals surface area contributed by atoms with Gasteiger partial charge in [0.15, 0.2) is 0 Å². The van der Waals surface area contributed by atoms with Crippen LogP contribution < -0.4 is 10.1 Å². The molecule has 0 radical (unpaired) electrons. The molecule has 0 spiro atoms. The van der Waals surface area contributed by atoms with E-state index < -0.39 is 0 Å². The molecule has 0 aromatic carbocycles. The van der Waals surface area contributed by atoms with Crippen molar-refractivity contribution in [2.45, 2.75) is 12.3 Å². The molecule has 1 atom stereocenters. The van der Waals surface area contributed by atoms with E-state index in [1.54, 1.807) is 19.4 Å². The Bertz CT molecular complexity index is 517. The summed E-state index contributed by atoms with van der Waals surface area (Å²) in [5.41, 5.74) is 0.830. The van der Waals surface area contributed by atoms with Crippen LogP contribution in [0.2, 0.25) is 0 Å². The maximum Gasteiger partial charge on any atom is 0.231 e. The number of methoxy groups -OCH3 is 1. The third kappa shape index (κ3) is 2.06. The van der Waals surface area contributed by atoms with Crippen LogP contribution in [0.3, 0.4) is 0 Å². The van der Waals surface area contributed by atoms with Gasteiger partial charge in [-0.3, -0.25) is 0 Å². The third-order valence-electron chi connectivity index (χ3n) is 3.05. The molecule has 0 bridgehead atoms. The van der Waals surface area contributed by atoms with Gasteiger partial charge in [0, 0.05) is 24.4 Å². The molecule has 0 saturated carbocycles. The number of aromatic nitrogens is 3. The summed E-state index contributed by atoms with van der Waals surface area (Å²) >= 11 is 0. The van der Waals surface area contributed by atoms with Crippen LogP contribution in [0.25, 0.3) is 11.4 Å². The Balaban J connectivity index is 1.82. The fraction of sp³-hybridized carbons (Fsp3) is 0.417. The molecule has 3 heterocycles. The van der Waals surface area contributed by atoms with Gasteiger partial charge in [-0.25, -0.2) is 4.98 Å². The Hall–Kier alpha value is -1.95. The monoisotopic (exact) mass is 246 g/mol. The maximum atomic E-state index is 5.30. The van der Waals surface area contributed by atoms with Gasteiger partial charge in [0.2, 0.25) is 17.6 Å². The molecule has 6 heteroatoms. The zero-order valence-electron chi connectivity index (χ0n) is 10.1. The SMILES string of the molecule is COc1ccc(-c2noc([C@@H]3CCNC3)n2)cn1. The number of nitrogens with one attached hydrogen (secondary N) is 1. The minimum absolute atomic E-state index is 0.331. The van der Waals surface area contributed by atoms with Crippen LogP contribution in [0.5, 0.6) is 5.88 Å². The average Bonchev–Trinajstić information content (AvgIpc) is 3.09. The second-order valence-corrected chi connectivity index (χ2v) is 4.24. The van der Waals surface area contributed by atoms with Crippen molar-refractivity contribution < 1.29 is 9.26 Å². The summed E-state index contributed by atoms with van der Waals surface area (Å²) in [4.78, 5) is 8.54. The van der Waals surface area contributed by atoms with Gasteiger partial charge in [0.25, 0.3) is 0 Å². The minimum atomic E-state index is 0.331. The van der Waals surface area contributed by atoms with Crippen molar-refractivity contribution in [1.29, 1.82) is 0 Å². The lowest BCUT2D eigenvalue weighted by molar-refractivity contribution is 0.359. The van der Waals surface area contributed by atoms with Crippen molar-refractivity contribution in [3.05, 3.63) is 24.2 Å². The van der Waals surface area contributed by atoms with Crippen molar-refractivity contribution in [2.24, 2.45) is 0 Å². The lowest BCUT2D eigenvalue weighted by Gasteiger charge is -1.99. The third-order valence-corrected chi connectivity index (χ3v) is 3.05.